The number of aromatic amines is 1. The predicted molar refractivity (Wildman–Crippen MR) is 77.3 cm³/mol. The van der Waals surface area contributed by atoms with Gasteiger partial charge in [0.1, 0.15) is 17.2 Å². The number of amides is 1. The van der Waals surface area contributed by atoms with E-state index in [0.29, 0.717) is 0 Å². The number of H-pyrrole nitrogens is 1. The predicted octanol–water partition coefficient (Wildman–Crippen LogP) is 4.01. The number of fused-ring (bicyclic) bond motifs is 1. The molecule has 21 heavy (non-hydrogen) atoms. The molecule has 1 amide bonds. The maximum absolute atomic E-state index is 13.9. The minimum Gasteiger partial charge on any atom is -0.351 e. The third kappa shape index (κ3) is 2.38. The van der Waals surface area contributed by atoms with Crippen LogP contribution in [-0.2, 0) is 0 Å². The van der Waals surface area contributed by atoms with Crippen LogP contribution in [0.25, 0.3) is 10.9 Å². The maximum atomic E-state index is 13.9. The molecule has 2 aromatic carbocycles. The van der Waals surface area contributed by atoms with Crippen LogP contribution in [0.1, 0.15) is 16.1 Å². The van der Waals surface area contributed by atoms with Crippen molar-refractivity contribution in [3.63, 3.8) is 0 Å². The number of benzene rings is 2. The first-order valence-electron chi connectivity index (χ1n) is 6.40. The van der Waals surface area contributed by atoms with Crippen LogP contribution >= 0.6 is 0 Å². The molecule has 2 N–H and O–H groups in total. The summed E-state index contributed by atoms with van der Waals surface area (Å²) >= 11 is 0. The fraction of sp³-hybridized carbons (Fsp3) is 0.0625. The van der Waals surface area contributed by atoms with E-state index in [1.54, 1.807) is 6.07 Å². The molecule has 0 aliphatic rings. The van der Waals surface area contributed by atoms with Gasteiger partial charge in [-0.3, -0.25) is 4.79 Å². The molecule has 0 saturated carbocycles. The largest absolute Gasteiger partial charge is 0.351 e. The van der Waals surface area contributed by atoms with Gasteiger partial charge in [0.15, 0.2) is 5.82 Å². The first-order chi connectivity index (χ1) is 10.1. The van der Waals surface area contributed by atoms with Crippen LogP contribution in [0, 0.1) is 18.6 Å². The van der Waals surface area contributed by atoms with Crippen LogP contribution < -0.4 is 5.32 Å². The second-order valence-corrected chi connectivity index (χ2v) is 4.78. The third-order valence-electron chi connectivity index (χ3n) is 3.30. The second kappa shape index (κ2) is 5.01. The number of carbonyl (C=O) groups excluding carboxylic acids is 1. The monoisotopic (exact) mass is 286 g/mol. The van der Waals surface area contributed by atoms with E-state index < -0.39 is 23.2 Å². The SMILES string of the molecule is Cc1ccc(F)c(NC(=O)c2cc3ccccc3[nH]2)c1F. The summed E-state index contributed by atoms with van der Waals surface area (Å²) < 4.78 is 27.5. The van der Waals surface area contributed by atoms with Gasteiger partial charge in [-0.15, -0.1) is 0 Å². The zero-order valence-corrected chi connectivity index (χ0v) is 11.2. The van der Waals surface area contributed by atoms with Crippen molar-refractivity contribution in [3.05, 3.63) is 65.4 Å². The van der Waals surface area contributed by atoms with E-state index in [1.165, 1.54) is 13.0 Å². The highest BCUT2D eigenvalue weighted by molar-refractivity contribution is 6.06. The molecule has 106 valence electrons. The van der Waals surface area contributed by atoms with Gasteiger partial charge in [0.05, 0.1) is 0 Å². The minimum atomic E-state index is -0.803. The van der Waals surface area contributed by atoms with Gasteiger partial charge in [-0.25, -0.2) is 8.78 Å². The molecule has 1 aromatic heterocycles. The molecular weight excluding hydrogens is 274 g/mol. The highest BCUT2D eigenvalue weighted by atomic mass is 19.1. The first kappa shape index (κ1) is 13.3. The molecule has 0 aliphatic carbocycles. The molecule has 3 nitrogen and oxygen atoms in total. The Balaban J connectivity index is 1.95. The highest BCUT2D eigenvalue weighted by Gasteiger charge is 2.16. The van der Waals surface area contributed by atoms with E-state index in [4.69, 9.17) is 0 Å². The van der Waals surface area contributed by atoms with E-state index in [9.17, 15) is 13.6 Å². The summed E-state index contributed by atoms with van der Waals surface area (Å²) in [4.78, 5) is 15.0. The standard InChI is InChI=1S/C16H12F2N2O/c1-9-6-7-11(17)15(14(9)18)20-16(21)13-8-10-4-2-3-5-12(10)19-13/h2-8,19H,1H3,(H,20,21). The molecule has 1 heterocycles. The lowest BCUT2D eigenvalue weighted by Gasteiger charge is -2.08. The quantitative estimate of drug-likeness (QED) is 0.734. The Morgan fingerprint density at radius 1 is 1.14 bits per heavy atom. The number of hydrogen-bond donors (Lipinski definition) is 2. The van der Waals surface area contributed by atoms with Crippen molar-refractivity contribution >= 4 is 22.5 Å². The molecule has 3 rings (SSSR count). The third-order valence-corrected chi connectivity index (χ3v) is 3.30. The van der Waals surface area contributed by atoms with Gasteiger partial charge in [0.25, 0.3) is 5.91 Å². The number of carbonyl (C=O) groups is 1. The summed E-state index contributed by atoms with van der Waals surface area (Å²) in [6.45, 7) is 1.51. The van der Waals surface area contributed by atoms with E-state index in [0.717, 1.165) is 17.0 Å². The fourth-order valence-corrected chi connectivity index (χ4v) is 2.15. The highest BCUT2D eigenvalue weighted by Crippen LogP contribution is 2.23. The summed E-state index contributed by atoms with van der Waals surface area (Å²) in [7, 11) is 0. The van der Waals surface area contributed by atoms with Crippen molar-refractivity contribution in [1.29, 1.82) is 0 Å². The van der Waals surface area contributed by atoms with Gasteiger partial charge in [-0.2, -0.15) is 0 Å². The Hall–Kier alpha value is -2.69. The number of para-hydroxylation sites is 1. The van der Waals surface area contributed by atoms with Crippen LogP contribution in [0.15, 0.2) is 42.5 Å². The Bertz CT molecular complexity index is 806. The smallest absolute Gasteiger partial charge is 0.272 e. The Morgan fingerprint density at radius 3 is 2.67 bits per heavy atom. The molecule has 5 heteroatoms. The second-order valence-electron chi connectivity index (χ2n) is 4.78. The molecule has 0 spiro atoms. The van der Waals surface area contributed by atoms with Crippen molar-refractivity contribution in [2.24, 2.45) is 0 Å². The van der Waals surface area contributed by atoms with Crippen LogP contribution in [0.3, 0.4) is 0 Å². The van der Waals surface area contributed by atoms with Gasteiger partial charge in [-0.1, -0.05) is 24.3 Å². The van der Waals surface area contributed by atoms with Crippen molar-refractivity contribution < 1.29 is 13.6 Å². The fourth-order valence-electron chi connectivity index (χ4n) is 2.15. The topological polar surface area (TPSA) is 44.9 Å². The number of aromatic nitrogens is 1. The Labute approximate surface area is 119 Å². The number of hydrogen-bond acceptors (Lipinski definition) is 1. The Kier molecular flexibility index (Phi) is 3.17. The lowest BCUT2D eigenvalue weighted by atomic mass is 10.2. The van der Waals surface area contributed by atoms with Crippen LogP contribution in [0.5, 0.6) is 0 Å². The molecule has 3 aromatic rings. The summed E-state index contributed by atoms with van der Waals surface area (Å²) in [6, 6.07) is 11.4. The minimum absolute atomic E-state index is 0.247. The first-order valence-corrected chi connectivity index (χ1v) is 6.40. The summed E-state index contributed by atoms with van der Waals surface area (Å²) in [6.07, 6.45) is 0. The average Bonchev–Trinajstić information content (AvgIpc) is 2.91. The van der Waals surface area contributed by atoms with Crippen LogP contribution in [0.2, 0.25) is 0 Å². The molecule has 0 saturated heterocycles. The van der Waals surface area contributed by atoms with E-state index in [2.05, 4.69) is 10.3 Å². The number of anilines is 1. The zero-order valence-electron chi connectivity index (χ0n) is 11.2. The number of rotatable bonds is 2. The normalized spacial score (nSPS) is 10.8. The molecule has 0 unspecified atom stereocenters. The van der Waals surface area contributed by atoms with Crippen LogP contribution in [-0.4, -0.2) is 10.9 Å². The number of nitrogens with one attached hydrogen (secondary N) is 2. The summed E-state index contributed by atoms with van der Waals surface area (Å²) in [5, 5.41) is 3.13. The summed E-state index contributed by atoms with van der Waals surface area (Å²) in [5.74, 6) is -2.16. The molecule has 0 bridgehead atoms. The zero-order chi connectivity index (χ0) is 15.0. The van der Waals surface area contributed by atoms with Gasteiger partial charge in [0, 0.05) is 10.9 Å². The van der Waals surface area contributed by atoms with E-state index in [1.807, 2.05) is 24.3 Å². The van der Waals surface area contributed by atoms with Crippen molar-refractivity contribution in [3.8, 4) is 0 Å². The Morgan fingerprint density at radius 2 is 1.90 bits per heavy atom. The number of halogens is 2. The van der Waals surface area contributed by atoms with E-state index in [-0.39, 0.29) is 11.3 Å². The van der Waals surface area contributed by atoms with Crippen molar-refractivity contribution in [1.82, 2.24) is 4.98 Å². The molecule has 0 radical (unpaired) electrons. The van der Waals surface area contributed by atoms with Gasteiger partial charge < -0.3 is 10.3 Å². The van der Waals surface area contributed by atoms with Gasteiger partial charge in [-0.05, 0) is 30.7 Å². The van der Waals surface area contributed by atoms with Crippen molar-refractivity contribution in [2.45, 2.75) is 6.92 Å². The molecule has 0 fully saturated rings. The van der Waals surface area contributed by atoms with E-state index >= 15 is 0 Å². The lowest BCUT2D eigenvalue weighted by molar-refractivity contribution is 0.102. The maximum Gasteiger partial charge on any atom is 0.272 e. The van der Waals surface area contributed by atoms with Crippen molar-refractivity contribution in [2.75, 3.05) is 5.32 Å². The van der Waals surface area contributed by atoms with Gasteiger partial charge >= 0.3 is 0 Å². The van der Waals surface area contributed by atoms with Crippen LogP contribution in [0.4, 0.5) is 14.5 Å². The average molecular weight is 286 g/mol. The number of aryl methyl sites for hydroxylation is 1. The van der Waals surface area contributed by atoms with Gasteiger partial charge in [0.2, 0.25) is 0 Å². The lowest BCUT2D eigenvalue weighted by Crippen LogP contribution is -2.15. The molecule has 0 atom stereocenters. The summed E-state index contributed by atoms with van der Waals surface area (Å²) in [5.41, 5.74) is 0.867. The molecular formula is C16H12F2N2O. The molecule has 0 aliphatic heterocycles.